The maximum atomic E-state index is 13.0. The summed E-state index contributed by atoms with van der Waals surface area (Å²) in [4.78, 5) is 38.9. The van der Waals surface area contributed by atoms with Crippen LogP contribution in [-0.4, -0.2) is 59.4 Å². The summed E-state index contributed by atoms with van der Waals surface area (Å²) >= 11 is 5.97. The Hall–Kier alpha value is -2.29. The van der Waals surface area contributed by atoms with Crippen molar-refractivity contribution in [3.63, 3.8) is 0 Å². The molecule has 1 aromatic rings. The SMILES string of the molecule is O=C1NCCN(C(=O)C2CCCN2C(=O)C(F)(F)F)C1c1cccc(Cl)c1. The van der Waals surface area contributed by atoms with E-state index in [4.69, 9.17) is 11.6 Å². The molecule has 2 saturated heterocycles. The average Bonchev–Trinajstić information content (AvgIpc) is 3.08. The summed E-state index contributed by atoms with van der Waals surface area (Å²) in [7, 11) is 0. The lowest BCUT2D eigenvalue weighted by Crippen LogP contribution is -2.57. The predicted octanol–water partition coefficient (Wildman–Crippen LogP) is 1.89. The van der Waals surface area contributed by atoms with Crippen molar-refractivity contribution in [2.24, 2.45) is 0 Å². The van der Waals surface area contributed by atoms with E-state index in [1.807, 2.05) is 0 Å². The van der Waals surface area contributed by atoms with Gasteiger partial charge < -0.3 is 15.1 Å². The highest BCUT2D eigenvalue weighted by molar-refractivity contribution is 6.30. The molecule has 0 aliphatic carbocycles. The molecule has 146 valence electrons. The van der Waals surface area contributed by atoms with Gasteiger partial charge in [0.2, 0.25) is 11.8 Å². The number of nitrogens with zero attached hydrogens (tertiary/aromatic N) is 2. The minimum atomic E-state index is -5.05. The van der Waals surface area contributed by atoms with Crippen LogP contribution in [0.2, 0.25) is 5.02 Å². The zero-order chi connectivity index (χ0) is 19.8. The van der Waals surface area contributed by atoms with Gasteiger partial charge in [0.15, 0.2) is 0 Å². The summed E-state index contributed by atoms with van der Waals surface area (Å²) in [5.74, 6) is -3.13. The van der Waals surface area contributed by atoms with Gasteiger partial charge in [-0.2, -0.15) is 13.2 Å². The lowest BCUT2D eigenvalue weighted by atomic mass is 10.0. The Balaban J connectivity index is 1.89. The Morgan fingerprint density at radius 1 is 1.19 bits per heavy atom. The first-order chi connectivity index (χ1) is 12.7. The van der Waals surface area contributed by atoms with Crippen molar-refractivity contribution >= 4 is 29.3 Å². The lowest BCUT2D eigenvalue weighted by molar-refractivity contribution is -0.187. The lowest BCUT2D eigenvalue weighted by Gasteiger charge is -2.38. The van der Waals surface area contributed by atoms with Crippen molar-refractivity contribution in [1.82, 2.24) is 15.1 Å². The maximum Gasteiger partial charge on any atom is 0.471 e. The number of carbonyl (C=O) groups excluding carboxylic acids is 3. The molecule has 0 radical (unpaired) electrons. The first-order valence-corrected chi connectivity index (χ1v) is 8.79. The molecule has 2 fully saturated rings. The first-order valence-electron chi connectivity index (χ1n) is 8.41. The predicted molar refractivity (Wildman–Crippen MR) is 89.7 cm³/mol. The molecule has 1 N–H and O–H groups in total. The Kier molecular flexibility index (Phi) is 5.32. The van der Waals surface area contributed by atoms with E-state index < -0.39 is 36.0 Å². The molecule has 0 aromatic heterocycles. The standard InChI is InChI=1S/C17H17ClF3N3O3/c18-11-4-1-3-10(9-11)13-14(25)22-6-8-24(13)15(26)12-5-2-7-23(12)16(27)17(19,20)21/h1,3-4,9,12-13H,2,5-8H2,(H,22,25). The molecular weight excluding hydrogens is 387 g/mol. The van der Waals surface area contributed by atoms with E-state index in [0.717, 1.165) is 0 Å². The summed E-state index contributed by atoms with van der Waals surface area (Å²) < 4.78 is 38.5. The molecule has 2 aliphatic rings. The summed E-state index contributed by atoms with van der Waals surface area (Å²) in [6.45, 7) is 0.171. The van der Waals surface area contributed by atoms with Gasteiger partial charge in [-0.25, -0.2) is 0 Å². The maximum absolute atomic E-state index is 13.0. The van der Waals surface area contributed by atoms with Crippen molar-refractivity contribution in [3.8, 4) is 0 Å². The third kappa shape index (κ3) is 3.87. The van der Waals surface area contributed by atoms with Gasteiger partial charge in [-0.05, 0) is 30.5 Å². The van der Waals surface area contributed by atoms with Crippen LogP contribution in [0.4, 0.5) is 13.2 Å². The Labute approximate surface area is 158 Å². The fourth-order valence-electron chi connectivity index (χ4n) is 3.53. The molecule has 6 nitrogen and oxygen atoms in total. The van der Waals surface area contributed by atoms with Crippen molar-refractivity contribution < 1.29 is 27.6 Å². The Morgan fingerprint density at radius 2 is 1.93 bits per heavy atom. The van der Waals surface area contributed by atoms with Crippen LogP contribution >= 0.6 is 11.6 Å². The van der Waals surface area contributed by atoms with E-state index in [9.17, 15) is 27.6 Å². The fourth-order valence-corrected chi connectivity index (χ4v) is 3.73. The van der Waals surface area contributed by atoms with E-state index in [-0.39, 0.29) is 26.1 Å². The Morgan fingerprint density at radius 3 is 2.59 bits per heavy atom. The van der Waals surface area contributed by atoms with Gasteiger partial charge in [0, 0.05) is 24.7 Å². The van der Waals surface area contributed by atoms with Gasteiger partial charge in [0.1, 0.15) is 12.1 Å². The molecule has 3 rings (SSSR count). The zero-order valence-corrected chi connectivity index (χ0v) is 14.9. The number of halogens is 4. The molecule has 2 aliphatic heterocycles. The van der Waals surface area contributed by atoms with E-state index in [1.54, 1.807) is 18.2 Å². The highest BCUT2D eigenvalue weighted by Gasteiger charge is 2.49. The average molecular weight is 404 g/mol. The van der Waals surface area contributed by atoms with Crippen molar-refractivity contribution in [2.75, 3.05) is 19.6 Å². The summed E-state index contributed by atoms with van der Waals surface area (Å²) in [6.07, 6.45) is -4.63. The molecule has 0 bridgehead atoms. The van der Waals surface area contributed by atoms with E-state index in [2.05, 4.69) is 5.32 Å². The van der Waals surface area contributed by atoms with Gasteiger partial charge in [0.05, 0.1) is 0 Å². The number of likely N-dealkylation sites (tertiary alicyclic amines) is 1. The van der Waals surface area contributed by atoms with Crippen LogP contribution in [0, 0.1) is 0 Å². The number of piperazine rings is 1. The molecule has 10 heteroatoms. The molecule has 2 unspecified atom stereocenters. The molecule has 27 heavy (non-hydrogen) atoms. The fraction of sp³-hybridized carbons (Fsp3) is 0.471. The number of carbonyl (C=O) groups is 3. The molecule has 0 saturated carbocycles. The summed E-state index contributed by atoms with van der Waals surface area (Å²) in [5, 5.41) is 3.02. The molecule has 2 atom stereocenters. The minimum absolute atomic E-state index is 0.126. The highest BCUT2D eigenvalue weighted by atomic mass is 35.5. The molecule has 2 heterocycles. The van der Waals surface area contributed by atoms with Crippen LogP contribution in [0.1, 0.15) is 24.4 Å². The zero-order valence-electron chi connectivity index (χ0n) is 14.1. The van der Waals surface area contributed by atoms with E-state index in [0.29, 0.717) is 21.9 Å². The van der Waals surface area contributed by atoms with Crippen LogP contribution in [0.15, 0.2) is 24.3 Å². The van der Waals surface area contributed by atoms with Crippen LogP contribution in [0.3, 0.4) is 0 Å². The number of hydrogen-bond donors (Lipinski definition) is 1. The van der Waals surface area contributed by atoms with E-state index in [1.165, 1.54) is 11.0 Å². The van der Waals surface area contributed by atoms with Crippen LogP contribution < -0.4 is 5.32 Å². The van der Waals surface area contributed by atoms with Crippen molar-refractivity contribution in [1.29, 1.82) is 0 Å². The van der Waals surface area contributed by atoms with Crippen LogP contribution in [-0.2, 0) is 14.4 Å². The highest BCUT2D eigenvalue weighted by Crippen LogP contribution is 2.31. The second kappa shape index (κ2) is 7.38. The number of rotatable bonds is 2. The van der Waals surface area contributed by atoms with Gasteiger partial charge in [-0.1, -0.05) is 23.7 Å². The number of alkyl halides is 3. The first kappa shape index (κ1) is 19.5. The molecular formula is C17H17ClF3N3O3. The third-order valence-electron chi connectivity index (χ3n) is 4.70. The smallest absolute Gasteiger partial charge is 0.352 e. The largest absolute Gasteiger partial charge is 0.471 e. The summed E-state index contributed by atoms with van der Waals surface area (Å²) in [5.41, 5.74) is 0.458. The number of hydrogen-bond acceptors (Lipinski definition) is 3. The summed E-state index contributed by atoms with van der Waals surface area (Å²) in [6, 6.07) is 4.15. The second-order valence-electron chi connectivity index (χ2n) is 6.43. The van der Waals surface area contributed by atoms with Crippen LogP contribution in [0.5, 0.6) is 0 Å². The quantitative estimate of drug-likeness (QED) is 0.820. The van der Waals surface area contributed by atoms with Gasteiger partial charge in [-0.15, -0.1) is 0 Å². The normalized spacial score (nSPS) is 23.3. The van der Waals surface area contributed by atoms with Gasteiger partial charge >= 0.3 is 12.1 Å². The molecule has 1 aromatic carbocycles. The number of benzene rings is 1. The van der Waals surface area contributed by atoms with Crippen molar-refractivity contribution in [2.45, 2.75) is 31.1 Å². The number of amides is 3. The molecule has 3 amide bonds. The molecule has 0 spiro atoms. The van der Waals surface area contributed by atoms with Crippen LogP contribution in [0.25, 0.3) is 0 Å². The van der Waals surface area contributed by atoms with E-state index >= 15 is 0 Å². The second-order valence-corrected chi connectivity index (χ2v) is 6.87. The monoisotopic (exact) mass is 403 g/mol. The van der Waals surface area contributed by atoms with Gasteiger partial charge in [0.25, 0.3) is 0 Å². The van der Waals surface area contributed by atoms with Crippen molar-refractivity contribution in [3.05, 3.63) is 34.9 Å². The van der Waals surface area contributed by atoms with Gasteiger partial charge in [-0.3, -0.25) is 14.4 Å². The Bertz CT molecular complexity index is 771. The minimum Gasteiger partial charge on any atom is -0.352 e. The number of nitrogens with one attached hydrogen (secondary N) is 1. The third-order valence-corrected chi connectivity index (χ3v) is 4.94. The topological polar surface area (TPSA) is 69.7 Å².